The Hall–Kier alpha value is -1.71. The number of sulfonamides is 1. The zero-order valence-corrected chi connectivity index (χ0v) is 8.70. The van der Waals surface area contributed by atoms with Crippen molar-refractivity contribution >= 4 is 16.1 Å². The summed E-state index contributed by atoms with van der Waals surface area (Å²) in [6.07, 6.45) is 3.40. The van der Waals surface area contributed by atoms with Gasteiger partial charge in [-0.15, -0.1) is 6.58 Å². The molecule has 0 saturated heterocycles. The molecular formula is C10H9NO3S. The largest absolute Gasteiger partial charge is 0.292 e. The number of carbonyl (C=O) groups excluding carboxylic acids is 1. The third kappa shape index (κ3) is 2.87. The van der Waals surface area contributed by atoms with E-state index in [0.29, 0.717) is 6.42 Å². The van der Waals surface area contributed by atoms with Gasteiger partial charge in [-0.05, 0) is 24.1 Å². The Morgan fingerprint density at radius 2 is 1.93 bits per heavy atom. The Morgan fingerprint density at radius 3 is 2.40 bits per heavy atom. The van der Waals surface area contributed by atoms with Crippen LogP contribution in [0, 0.1) is 0 Å². The first-order valence-electron chi connectivity index (χ1n) is 4.14. The molecule has 5 heteroatoms. The number of hydrogen-bond acceptors (Lipinski definition) is 3. The molecule has 0 heterocycles. The summed E-state index contributed by atoms with van der Waals surface area (Å²) in [5.41, 5.74) is 0.944. The van der Waals surface area contributed by atoms with Crippen molar-refractivity contribution in [3.05, 3.63) is 42.5 Å². The molecule has 0 spiro atoms. The van der Waals surface area contributed by atoms with Crippen molar-refractivity contribution in [3.8, 4) is 0 Å². The summed E-state index contributed by atoms with van der Waals surface area (Å²) >= 11 is 0. The minimum Gasteiger partial charge on any atom is -0.210 e. The van der Waals surface area contributed by atoms with Crippen molar-refractivity contribution in [1.29, 1.82) is 0 Å². The molecule has 0 N–H and O–H groups in total. The van der Waals surface area contributed by atoms with Crippen molar-refractivity contribution < 1.29 is 13.2 Å². The Balaban J connectivity index is 3.09. The van der Waals surface area contributed by atoms with E-state index in [4.69, 9.17) is 0 Å². The van der Waals surface area contributed by atoms with Crippen LogP contribution in [-0.4, -0.2) is 14.5 Å². The molecule has 78 valence electrons. The van der Waals surface area contributed by atoms with E-state index in [-0.39, 0.29) is 4.90 Å². The summed E-state index contributed by atoms with van der Waals surface area (Å²) in [7, 11) is -3.87. The second kappa shape index (κ2) is 4.68. The second-order valence-electron chi connectivity index (χ2n) is 2.79. The van der Waals surface area contributed by atoms with Crippen LogP contribution in [0.1, 0.15) is 5.56 Å². The quantitative estimate of drug-likeness (QED) is 0.440. The van der Waals surface area contributed by atoms with Gasteiger partial charge in [-0.25, -0.2) is 4.79 Å². The van der Waals surface area contributed by atoms with E-state index in [1.54, 1.807) is 18.2 Å². The summed E-state index contributed by atoms with van der Waals surface area (Å²) in [6, 6.07) is 6.09. The number of rotatable bonds is 4. The predicted octanol–water partition coefficient (Wildman–Crippen LogP) is 1.44. The fraction of sp³-hybridized carbons (Fsp3) is 0.100. The second-order valence-corrected chi connectivity index (χ2v) is 4.40. The van der Waals surface area contributed by atoms with E-state index in [1.165, 1.54) is 12.1 Å². The van der Waals surface area contributed by atoms with Gasteiger partial charge in [0, 0.05) is 0 Å². The molecule has 0 saturated carbocycles. The first kappa shape index (κ1) is 11.4. The Labute approximate surface area is 88.0 Å². The van der Waals surface area contributed by atoms with Gasteiger partial charge in [0.25, 0.3) is 16.1 Å². The monoisotopic (exact) mass is 223 g/mol. The highest BCUT2D eigenvalue weighted by molar-refractivity contribution is 7.90. The van der Waals surface area contributed by atoms with Crippen LogP contribution >= 0.6 is 0 Å². The number of allylic oxidation sites excluding steroid dienone is 1. The van der Waals surface area contributed by atoms with Crippen LogP contribution in [0.5, 0.6) is 0 Å². The van der Waals surface area contributed by atoms with Crippen LogP contribution in [0.2, 0.25) is 0 Å². The molecule has 0 atom stereocenters. The van der Waals surface area contributed by atoms with Gasteiger partial charge >= 0.3 is 0 Å². The Bertz CT molecular complexity index is 496. The summed E-state index contributed by atoms with van der Waals surface area (Å²) in [4.78, 5) is 9.86. The molecule has 0 unspecified atom stereocenters. The van der Waals surface area contributed by atoms with Gasteiger partial charge in [0.05, 0.1) is 4.90 Å². The van der Waals surface area contributed by atoms with E-state index in [2.05, 4.69) is 11.0 Å². The summed E-state index contributed by atoms with van der Waals surface area (Å²) < 4.78 is 25.3. The standard InChI is InChI=1S/C10H9NO3S/c1-2-3-9-4-6-10(7-5-9)15(13,14)11-8-12/h2,4-7H,1,3H2. The van der Waals surface area contributed by atoms with Crippen molar-refractivity contribution in [2.24, 2.45) is 4.40 Å². The van der Waals surface area contributed by atoms with Gasteiger partial charge in [0.1, 0.15) is 0 Å². The summed E-state index contributed by atoms with van der Waals surface area (Å²) in [6.45, 7) is 3.57. The van der Waals surface area contributed by atoms with E-state index in [1.807, 2.05) is 0 Å². The summed E-state index contributed by atoms with van der Waals surface area (Å²) in [5, 5.41) is 0. The van der Waals surface area contributed by atoms with Crippen LogP contribution in [0.25, 0.3) is 0 Å². The van der Waals surface area contributed by atoms with Gasteiger partial charge in [0.2, 0.25) is 0 Å². The smallest absolute Gasteiger partial charge is 0.210 e. The van der Waals surface area contributed by atoms with Crippen molar-refractivity contribution in [2.75, 3.05) is 0 Å². The van der Waals surface area contributed by atoms with Crippen LogP contribution in [0.3, 0.4) is 0 Å². The first-order valence-corrected chi connectivity index (χ1v) is 5.58. The molecule has 0 amide bonds. The maximum absolute atomic E-state index is 11.3. The van der Waals surface area contributed by atoms with E-state index in [0.717, 1.165) is 11.6 Å². The minimum atomic E-state index is -3.87. The number of isocyanates is 1. The zero-order valence-electron chi connectivity index (χ0n) is 7.88. The normalized spacial score (nSPS) is 10.4. The molecule has 1 aromatic rings. The average Bonchev–Trinajstić information content (AvgIpc) is 2.19. The topological polar surface area (TPSA) is 63.6 Å². The lowest BCUT2D eigenvalue weighted by atomic mass is 10.2. The maximum Gasteiger partial charge on any atom is 0.292 e. The summed E-state index contributed by atoms with van der Waals surface area (Å²) in [5.74, 6) is 0. The fourth-order valence-corrected chi connectivity index (χ4v) is 1.75. The average molecular weight is 223 g/mol. The highest BCUT2D eigenvalue weighted by Gasteiger charge is 2.11. The molecule has 4 nitrogen and oxygen atoms in total. The molecule has 0 aliphatic heterocycles. The first-order chi connectivity index (χ1) is 7.10. The van der Waals surface area contributed by atoms with E-state index >= 15 is 0 Å². The predicted molar refractivity (Wildman–Crippen MR) is 55.7 cm³/mol. The fourth-order valence-electron chi connectivity index (χ4n) is 1.07. The van der Waals surface area contributed by atoms with Crippen LogP contribution < -0.4 is 0 Å². The maximum atomic E-state index is 11.3. The van der Waals surface area contributed by atoms with Crippen LogP contribution in [0.15, 0.2) is 46.2 Å². The lowest BCUT2D eigenvalue weighted by Gasteiger charge is -1.98. The highest BCUT2D eigenvalue weighted by atomic mass is 32.2. The van der Waals surface area contributed by atoms with Crippen molar-refractivity contribution in [3.63, 3.8) is 0 Å². The van der Waals surface area contributed by atoms with Gasteiger partial charge in [-0.1, -0.05) is 22.6 Å². The molecular weight excluding hydrogens is 214 g/mol. The molecule has 0 aliphatic rings. The molecule has 0 aliphatic carbocycles. The number of nitrogens with zero attached hydrogens (tertiary/aromatic N) is 1. The SMILES string of the molecule is C=CCc1ccc(S(=O)(=O)N=C=O)cc1. The molecule has 15 heavy (non-hydrogen) atoms. The van der Waals surface area contributed by atoms with E-state index < -0.39 is 10.0 Å². The molecule has 0 radical (unpaired) electrons. The van der Waals surface area contributed by atoms with Crippen molar-refractivity contribution in [2.45, 2.75) is 11.3 Å². The molecule has 0 aromatic heterocycles. The lowest BCUT2D eigenvalue weighted by Crippen LogP contribution is -1.96. The highest BCUT2D eigenvalue weighted by Crippen LogP contribution is 2.13. The van der Waals surface area contributed by atoms with Gasteiger partial charge < -0.3 is 0 Å². The third-order valence-electron chi connectivity index (χ3n) is 1.76. The molecule has 1 rings (SSSR count). The van der Waals surface area contributed by atoms with Gasteiger partial charge in [-0.2, -0.15) is 8.42 Å². The van der Waals surface area contributed by atoms with E-state index in [9.17, 15) is 13.2 Å². The molecule has 0 bridgehead atoms. The minimum absolute atomic E-state index is 0.0151. The van der Waals surface area contributed by atoms with Gasteiger partial charge in [-0.3, -0.25) is 0 Å². The molecule has 1 aromatic carbocycles. The lowest BCUT2D eigenvalue weighted by molar-refractivity contribution is 0.563. The third-order valence-corrected chi connectivity index (χ3v) is 2.94. The number of hydrogen-bond donors (Lipinski definition) is 0. The van der Waals surface area contributed by atoms with Crippen molar-refractivity contribution in [1.82, 2.24) is 0 Å². The molecule has 0 fully saturated rings. The Morgan fingerprint density at radius 1 is 1.33 bits per heavy atom. The van der Waals surface area contributed by atoms with Crippen LogP contribution in [0.4, 0.5) is 0 Å². The Kier molecular flexibility index (Phi) is 3.55. The number of benzene rings is 1. The van der Waals surface area contributed by atoms with Crippen LogP contribution in [-0.2, 0) is 21.2 Å². The zero-order chi connectivity index (χ0) is 11.3. The van der Waals surface area contributed by atoms with Gasteiger partial charge in [0.15, 0.2) is 0 Å².